The van der Waals surface area contributed by atoms with Crippen LogP contribution in [0.2, 0.25) is 5.02 Å². The molecule has 0 aromatic heterocycles. The molecule has 0 heterocycles. The molecule has 0 aliphatic rings. The van der Waals surface area contributed by atoms with E-state index in [-0.39, 0.29) is 17.7 Å². The van der Waals surface area contributed by atoms with Gasteiger partial charge in [-0.1, -0.05) is 81.8 Å². The van der Waals surface area contributed by atoms with Crippen LogP contribution in [0.15, 0.2) is 54.6 Å². The van der Waals surface area contributed by atoms with Gasteiger partial charge in [0, 0.05) is 24.0 Å². The number of nitrogens with one attached hydrogen (secondary N) is 1. The minimum atomic E-state index is -0.686. The molecule has 0 saturated carbocycles. The van der Waals surface area contributed by atoms with Crippen molar-refractivity contribution in [3.63, 3.8) is 0 Å². The monoisotopic (exact) mass is 414 g/mol. The number of nitrogens with zero attached hydrogens (tertiary/aromatic N) is 1. The van der Waals surface area contributed by atoms with Crippen LogP contribution in [0, 0.1) is 11.8 Å². The Balaban J connectivity index is 2.38. The standard InChI is InChI=1S/C24H31ClN2O2/c1-17(2)14-15-26-23(28)22(20-8-6-5-7-9-20)27(24(29)18(3)4)16-19-10-12-21(25)13-11-19/h5-13,17-18,22H,14-16H2,1-4H3,(H,26,28)/t22-/m0/s1. The Morgan fingerprint density at radius 2 is 1.59 bits per heavy atom. The van der Waals surface area contributed by atoms with Crippen molar-refractivity contribution in [1.29, 1.82) is 0 Å². The van der Waals surface area contributed by atoms with E-state index in [9.17, 15) is 9.59 Å². The maximum absolute atomic E-state index is 13.2. The highest BCUT2D eigenvalue weighted by Gasteiger charge is 2.32. The van der Waals surface area contributed by atoms with Gasteiger partial charge >= 0.3 is 0 Å². The van der Waals surface area contributed by atoms with Crippen LogP contribution in [0.3, 0.4) is 0 Å². The summed E-state index contributed by atoms with van der Waals surface area (Å²) >= 11 is 6.01. The summed E-state index contributed by atoms with van der Waals surface area (Å²) in [5.41, 5.74) is 1.73. The fourth-order valence-corrected chi connectivity index (χ4v) is 3.23. The van der Waals surface area contributed by atoms with E-state index in [1.54, 1.807) is 17.0 Å². The number of benzene rings is 2. The molecule has 0 radical (unpaired) electrons. The smallest absolute Gasteiger partial charge is 0.247 e. The van der Waals surface area contributed by atoms with Gasteiger partial charge < -0.3 is 10.2 Å². The number of halogens is 1. The number of hydrogen-bond acceptors (Lipinski definition) is 2. The minimum Gasteiger partial charge on any atom is -0.354 e. The quantitative estimate of drug-likeness (QED) is 0.610. The highest BCUT2D eigenvalue weighted by Crippen LogP contribution is 2.26. The van der Waals surface area contributed by atoms with Crippen molar-refractivity contribution in [1.82, 2.24) is 10.2 Å². The van der Waals surface area contributed by atoms with Crippen molar-refractivity contribution in [2.75, 3.05) is 6.54 Å². The number of hydrogen-bond donors (Lipinski definition) is 1. The van der Waals surface area contributed by atoms with Crippen molar-refractivity contribution in [2.24, 2.45) is 11.8 Å². The molecule has 0 aliphatic heterocycles. The molecule has 0 fully saturated rings. The molecule has 0 aliphatic carbocycles. The predicted octanol–water partition coefficient (Wildman–Crippen LogP) is 5.23. The molecule has 156 valence electrons. The van der Waals surface area contributed by atoms with E-state index in [2.05, 4.69) is 19.2 Å². The number of carbonyl (C=O) groups is 2. The first kappa shape index (κ1) is 23.0. The van der Waals surface area contributed by atoms with Crippen LogP contribution in [0.1, 0.15) is 51.3 Å². The molecule has 0 bridgehead atoms. The lowest BCUT2D eigenvalue weighted by atomic mass is 10.0. The average Bonchev–Trinajstić information content (AvgIpc) is 2.69. The SMILES string of the molecule is CC(C)CCNC(=O)[C@H](c1ccccc1)N(Cc1ccc(Cl)cc1)C(=O)C(C)C. The van der Waals surface area contributed by atoms with Gasteiger partial charge in [-0.2, -0.15) is 0 Å². The second-order valence-corrected chi connectivity index (χ2v) is 8.47. The zero-order chi connectivity index (χ0) is 21.4. The molecule has 0 unspecified atom stereocenters. The lowest BCUT2D eigenvalue weighted by Gasteiger charge is -2.33. The average molecular weight is 415 g/mol. The van der Waals surface area contributed by atoms with Crippen molar-refractivity contribution in [2.45, 2.75) is 46.7 Å². The Bertz CT molecular complexity index is 788. The third kappa shape index (κ3) is 6.90. The van der Waals surface area contributed by atoms with E-state index < -0.39 is 6.04 Å². The van der Waals surface area contributed by atoms with Crippen molar-refractivity contribution < 1.29 is 9.59 Å². The normalized spacial score (nSPS) is 12.1. The molecule has 1 atom stereocenters. The predicted molar refractivity (Wildman–Crippen MR) is 118 cm³/mol. The van der Waals surface area contributed by atoms with Crippen LogP contribution in [-0.2, 0) is 16.1 Å². The fourth-order valence-electron chi connectivity index (χ4n) is 3.10. The van der Waals surface area contributed by atoms with Crippen LogP contribution in [0.5, 0.6) is 0 Å². The summed E-state index contributed by atoms with van der Waals surface area (Å²) in [6, 6.07) is 16.2. The molecule has 0 spiro atoms. The number of amides is 2. The van der Waals surface area contributed by atoms with E-state index >= 15 is 0 Å². The Morgan fingerprint density at radius 3 is 2.14 bits per heavy atom. The van der Waals surface area contributed by atoms with Gasteiger partial charge in [-0.25, -0.2) is 0 Å². The number of rotatable bonds is 9. The molecule has 0 saturated heterocycles. The molecular formula is C24H31ClN2O2. The minimum absolute atomic E-state index is 0.0622. The summed E-state index contributed by atoms with van der Waals surface area (Å²) in [6.45, 7) is 8.88. The Kier molecular flexibility index (Phi) is 8.71. The molecule has 29 heavy (non-hydrogen) atoms. The Hall–Kier alpha value is -2.33. The van der Waals surface area contributed by atoms with Gasteiger partial charge in [-0.3, -0.25) is 9.59 Å². The summed E-state index contributed by atoms with van der Waals surface area (Å²) in [4.78, 5) is 28.0. The second-order valence-electron chi connectivity index (χ2n) is 8.03. The van der Waals surface area contributed by atoms with Crippen LogP contribution >= 0.6 is 11.6 Å². The molecule has 2 amide bonds. The van der Waals surface area contributed by atoms with Crippen LogP contribution in [0.25, 0.3) is 0 Å². The van der Waals surface area contributed by atoms with Crippen molar-refractivity contribution in [3.8, 4) is 0 Å². The van der Waals surface area contributed by atoms with Gasteiger partial charge in [-0.05, 0) is 35.6 Å². The molecular weight excluding hydrogens is 384 g/mol. The third-order valence-electron chi connectivity index (χ3n) is 4.74. The van der Waals surface area contributed by atoms with E-state index in [0.29, 0.717) is 24.0 Å². The molecule has 2 aromatic rings. The van der Waals surface area contributed by atoms with E-state index in [4.69, 9.17) is 11.6 Å². The first-order chi connectivity index (χ1) is 13.8. The Labute approximate surface area is 179 Å². The Morgan fingerprint density at radius 1 is 0.966 bits per heavy atom. The topological polar surface area (TPSA) is 49.4 Å². The highest BCUT2D eigenvalue weighted by molar-refractivity contribution is 6.30. The van der Waals surface area contributed by atoms with Crippen LogP contribution in [-0.4, -0.2) is 23.3 Å². The number of carbonyl (C=O) groups excluding carboxylic acids is 2. The largest absolute Gasteiger partial charge is 0.354 e. The lowest BCUT2D eigenvalue weighted by molar-refractivity contribution is -0.144. The van der Waals surface area contributed by atoms with E-state index in [1.165, 1.54) is 0 Å². The molecule has 1 N–H and O–H groups in total. The zero-order valence-corrected chi connectivity index (χ0v) is 18.4. The lowest BCUT2D eigenvalue weighted by Crippen LogP contribution is -2.45. The fraction of sp³-hybridized carbons (Fsp3) is 0.417. The summed E-state index contributed by atoms with van der Waals surface area (Å²) in [6.07, 6.45) is 0.891. The molecule has 5 heteroatoms. The first-order valence-corrected chi connectivity index (χ1v) is 10.5. The molecule has 4 nitrogen and oxygen atoms in total. The van der Waals surface area contributed by atoms with Crippen LogP contribution < -0.4 is 5.32 Å². The van der Waals surface area contributed by atoms with Gasteiger partial charge in [0.1, 0.15) is 6.04 Å². The summed E-state index contributed by atoms with van der Waals surface area (Å²) < 4.78 is 0. The summed E-state index contributed by atoms with van der Waals surface area (Å²) in [7, 11) is 0. The van der Waals surface area contributed by atoms with E-state index in [1.807, 2.05) is 56.3 Å². The molecule has 2 rings (SSSR count). The maximum Gasteiger partial charge on any atom is 0.247 e. The van der Waals surface area contributed by atoms with Crippen molar-refractivity contribution in [3.05, 3.63) is 70.7 Å². The van der Waals surface area contributed by atoms with Gasteiger partial charge in [-0.15, -0.1) is 0 Å². The van der Waals surface area contributed by atoms with E-state index in [0.717, 1.165) is 17.5 Å². The zero-order valence-electron chi connectivity index (χ0n) is 17.7. The van der Waals surface area contributed by atoms with Gasteiger partial charge in [0.25, 0.3) is 0 Å². The second kappa shape index (κ2) is 11.0. The van der Waals surface area contributed by atoms with Crippen LogP contribution in [0.4, 0.5) is 0 Å². The maximum atomic E-state index is 13.2. The third-order valence-corrected chi connectivity index (χ3v) is 4.99. The first-order valence-electron chi connectivity index (χ1n) is 10.2. The molecule has 2 aromatic carbocycles. The van der Waals surface area contributed by atoms with Gasteiger partial charge in [0.15, 0.2) is 0 Å². The van der Waals surface area contributed by atoms with Gasteiger partial charge in [0.05, 0.1) is 0 Å². The summed E-state index contributed by atoms with van der Waals surface area (Å²) in [5, 5.41) is 3.67. The van der Waals surface area contributed by atoms with Gasteiger partial charge in [0.2, 0.25) is 11.8 Å². The summed E-state index contributed by atoms with van der Waals surface area (Å²) in [5.74, 6) is 0.0533. The van der Waals surface area contributed by atoms with Crippen molar-refractivity contribution >= 4 is 23.4 Å². The highest BCUT2D eigenvalue weighted by atomic mass is 35.5.